The lowest BCUT2D eigenvalue weighted by molar-refractivity contribution is 1.20. The Morgan fingerprint density at radius 2 is 2.10 bits per heavy atom. The maximum Gasteiger partial charge on any atom is 0.0947 e. The van der Waals surface area contributed by atoms with Gasteiger partial charge in [0.25, 0.3) is 0 Å². The van der Waals surface area contributed by atoms with Gasteiger partial charge in [-0.25, -0.2) is 0 Å². The van der Waals surface area contributed by atoms with Crippen LogP contribution in [-0.4, -0.2) is 17.0 Å². The van der Waals surface area contributed by atoms with Crippen LogP contribution >= 0.6 is 11.8 Å². The molecule has 2 heterocycles. The minimum absolute atomic E-state index is 0.985. The summed E-state index contributed by atoms with van der Waals surface area (Å²) < 4.78 is 0. The summed E-state index contributed by atoms with van der Waals surface area (Å²) >= 11 is 1.82. The van der Waals surface area contributed by atoms with Crippen LogP contribution in [0.1, 0.15) is 11.3 Å². The van der Waals surface area contributed by atoms with Gasteiger partial charge in [-0.05, 0) is 28.9 Å². The number of hydrogen-bond donors (Lipinski definition) is 1. The number of H-pyrrole nitrogens is 1. The molecule has 0 bridgehead atoms. The number of benzene rings is 1. The van der Waals surface area contributed by atoms with E-state index < -0.39 is 0 Å². The molecule has 98 valence electrons. The van der Waals surface area contributed by atoms with Gasteiger partial charge in [0.05, 0.1) is 11.4 Å². The Kier molecular flexibility index (Phi) is 2.67. The van der Waals surface area contributed by atoms with Gasteiger partial charge in [-0.15, -0.1) is 11.8 Å². The van der Waals surface area contributed by atoms with Gasteiger partial charge in [-0.3, -0.25) is 4.99 Å². The van der Waals surface area contributed by atoms with Gasteiger partial charge in [0.15, 0.2) is 0 Å². The van der Waals surface area contributed by atoms with E-state index in [4.69, 9.17) is 0 Å². The van der Waals surface area contributed by atoms with Crippen molar-refractivity contribution in [3.8, 4) is 0 Å². The van der Waals surface area contributed by atoms with Crippen molar-refractivity contribution >= 4 is 28.4 Å². The zero-order valence-corrected chi connectivity index (χ0v) is 12.0. The van der Waals surface area contributed by atoms with Gasteiger partial charge >= 0.3 is 0 Å². The van der Waals surface area contributed by atoms with E-state index in [1.165, 1.54) is 32.6 Å². The highest BCUT2D eigenvalue weighted by Crippen LogP contribution is 2.37. The molecule has 0 fully saturated rings. The summed E-state index contributed by atoms with van der Waals surface area (Å²) in [5.41, 5.74) is 6.06. The van der Waals surface area contributed by atoms with Crippen LogP contribution in [0.5, 0.6) is 0 Å². The summed E-state index contributed by atoms with van der Waals surface area (Å²) in [5.74, 6) is 0. The largest absolute Gasteiger partial charge is 0.353 e. The number of nitrogens with one attached hydrogen (secondary N) is 1. The molecule has 1 aromatic carbocycles. The molecule has 20 heavy (non-hydrogen) atoms. The number of hydrogen-bond acceptors (Lipinski definition) is 2. The predicted octanol–water partition coefficient (Wildman–Crippen LogP) is 4.21. The number of aliphatic imine (C=N–C) groups is 1. The van der Waals surface area contributed by atoms with Crippen molar-refractivity contribution in [3.63, 3.8) is 0 Å². The Morgan fingerprint density at radius 3 is 3.00 bits per heavy atom. The van der Waals surface area contributed by atoms with Gasteiger partial charge in [-0.2, -0.15) is 0 Å². The number of rotatable bonds is 1. The van der Waals surface area contributed by atoms with Crippen molar-refractivity contribution in [2.75, 3.05) is 6.26 Å². The van der Waals surface area contributed by atoms with Crippen LogP contribution in [-0.2, 0) is 6.42 Å². The maximum absolute atomic E-state index is 4.65. The molecule has 0 unspecified atom stereocenters. The second kappa shape index (κ2) is 4.53. The quantitative estimate of drug-likeness (QED) is 0.831. The summed E-state index contributed by atoms with van der Waals surface area (Å²) in [6, 6.07) is 8.50. The Bertz CT molecular complexity index is 819. The van der Waals surface area contributed by atoms with E-state index in [-0.39, 0.29) is 0 Å². The van der Waals surface area contributed by atoms with E-state index in [2.05, 4.69) is 52.6 Å². The first-order valence-corrected chi connectivity index (χ1v) is 7.89. The summed E-state index contributed by atoms with van der Waals surface area (Å²) in [5, 5.41) is 1.31. The van der Waals surface area contributed by atoms with Crippen LogP contribution < -0.4 is 0 Å². The Labute approximate surface area is 122 Å². The fourth-order valence-electron chi connectivity index (χ4n) is 2.92. The molecule has 1 aliphatic carbocycles. The predicted molar refractivity (Wildman–Crippen MR) is 87.4 cm³/mol. The highest BCUT2D eigenvalue weighted by atomic mass is 32.2. The van der Waals surface area contributed by atoms with Gasteiger partial charge in [0.1, 0.15) is 0 Å². The van der Waals surface area contributed by atoms with Gasteiger partial charge < -0.3 is 4.98 Å². The highest BCUT2D eigenvalue weighted by Gasteiger charge is 2.26. The molecule has 4 rings (SSSR count). The SMILES string of the molecule is CSC1=C2C=CC=CN=C2c2[nH]c3ccccc3c2C1. The van der Waals surface area contributed by atoms with Crippen LogP contribution in [0.3, 0.4) is 0 Å². The molecule has 3 heteroatoms. The minimum atomic E-state index is 0.985. The number of para-hydroxylation sites is 1. The first-order valence-electron chi connectivity index (χ1n) is 6.67. The number of thioether (sulfide) groups is 1. The molecule has 2 nitrogen and oxygen atoms in total. The van der Waals surface area contributed by atoms with Crippen LogP contribution in [0.15, 0.2) is 64.2 Å². The third kappa shape index (κ3) is 1.63. The number of fused-ring (bicyclic) bond motifs is 5. The van der Waals surface area contributed by atoms with Crippen LogP contribution in [0.25, 0.3) is 10.9 Å². The number of nitrogens with zero attached hydrogens (tertiary/aromatic N) is 1. The monoisotopic (exact) mass is 278 g/mol. The average Bonchev–Trinajstić information content (AvgIpc) is 2.68. The van der Waals surface area contributed by atoms with Crippen molar-refractivity contribution in [2.24, 2.45) is 4.99 Å². The molecular weight excluding hydrogens is 264 g/mol. The number of aromatic nitrogens is 1. The fraction of sp³-hybridized carbons (Fsp3) is 0.118. The van der Waals surface area contributed by atoms with Crippen LogP contribution in [0, 0.1) is 0 Å². The normalized spacial score (nSPS) is 16.9. The number of aromatic amines is 1. The van der Waals surface area contributed by atoms with Crippen molar-refractivity contribution in [2.45, 2.75) is 6.42 Å². The summed E-state index contributed by atoms with van der Waals surface area (Å²) in [4.78, 5) is 9.59. The summed E-state index contributed by atoms with van der Waals surface area (Å²) in [7, 11) is 0. The highest BCUT2D eigenvalue weighted by molar-refractivity contribution is 8.02. The average molecular weight is 278 g/mol. The standard InChI is InChI=1S/C17H14N2S/c1-20-15-10-13-11-6-2-3-8-14(11)19-17(13)16-12(15)7-4-5-9-18-16/h2-9,19H,10H2,1H3. The van der Waals surface area contributed by atoms with Crippen LogP contribution in [0.4, 0.5) is 0 Å². The van der Waals surface area contributed by atoms with Crippen molar-refractivity contribution in [1.29, 1.82) is 0 Å². The molecule has 1 N–H and O–H groups in total. The smallest absolute Gasteiger partial charge is 0.0947 e. The van der Waals surface area contributed by atoms with Crippen LogP contribution in [0.2, 0.25) is 0 Å². The zero-order valence-electron chi connectivity index (χ0n) is 11.2. The lowest BCUT2D eigenvalue weighted by Gasteiger charge is -2.19. The van der Waals surface area contributed by atoms with E-state index in [1.54, 1.807) is 0 Å². The Morgan fingerprint density at radius 1 is 1.20 bits per heavy atom. The molecular formula is C17H14N2S. The minimum Gasteiger partial charge on any atom is -0.353 e. The lowest BCUT2D eigenvalue weighted by Crippen LogP contribution is -2.14. The molecule has 1 aliphatic heterocycles. The summed E-state index contributed by atoms with van der Waals surface area (Å²) in [6.45, 7) is 0. The Hall–Kier alpha value is -2.00. The van der Waals surface area contributed by atoms with Gasteiger partial charge in [0, 0.05) is 29.1 Å². The Balaban J connectivity index is 2.04. The molecule has 0 atom stereocenters. The van der Waals surface area contributed by atoms with E-state index in [1.807, 2.05) is 24.0 Å². The molecule has 0 amide bonds. The van der Waals surface area contributed by atoms with E-state index in [0.29, 0.717) is 0 Å². The molecule has 0 radical (unpaired) electrons. The molecule has 0 saturated carbocycles. The lowest BCUT2D eigenvalue weighted by atomic mass is 9.93. The molecule has 0 saturated heterocycles. The molecule has 2 aliphatic rings. The van der Waals surface area contributed by atoms with E-state index in [9.17, 15) is 0 Å². The van der Waals surface area contributed by atoms with Gasteiger partial charge in [-0.1, -0.05) is 30.4 Å². The topological polar surface area (TPSA) is 28.1 Å². The maximum atomic E-state index is 4.65. The van der Waals surface area contributed by atoms with Crippen molar-refractivity contribution in [3.05, 3.63) is 70.4 Å². The first kappa shape index (κ1) is 11.8. The molecule has 2 aromatic rings. The summed E-state index contributed by atoms with van der Waals surface area (Å²) in [6.07, 6.45) is 11.2. The third-order valence-electron chi connectivity index (χ3n) is 3.85. The van der Waals surface area contributed by atoms with Gasteiger partial charge in [0.2, 0.25) is 0 Å². The van der Waals surface area contributed by atoms with Crippen molar-refractivity contribution in [1.82, 2.24) is 4.98 Å². The van der Waals surface area contributed by atoms with Crippen molar-refractivity contribution < 1.29 is 0 Å². The molecule has 0 spiro atoms. The van der Waals surface area contributed by atoms with E-state index >= 15 is 0 Å². The third-order valence-corrected chi connectivity index (χ3v) is 4.71. The zero-order chi connectivity index (χ0) is 13.5. The second-order valence-electron chi connectivity index (χ2n) is 4.92. The number of allylic oxidation sites excluding steroid dienone is 5. The fourth-order valence-corrected chi connectivity index (χ4v) is 3.59. The molecule has 1 aromatic heterocycles. The first-order chi connectivity index (χ1) is 9.88. The van der Waals surface area contributed by atoms with E-state index in [0.717, 1.165) is 12.1 Å². The second-order valence-corrected chi connectivity index (χ2v) is 5.82.